The normalized spacial score (nSPS) is 13.6. The van der Waals surface area contributed by atoms with Crippen LogP contribution in [0.15, 0.2) is 18.7 Å². The lowest BCUT2D eigenvalue weighted by Gasteiger charge is -2.27. The summed E-state index contributed by atoms with van der Waals surface area (Å²) in [6.45, 7) is 5.88. The largest absolute Gasteiger partial charge is 0.373 e. The van der Waals surface area contributed by atoms with Gasteiger partial charge in [-0.05, 0) is 5.41 Å². The Morgan fingerprint density at radius 1 is 1.33 bits per heavy atom. The van der Waals surface area contributed by atoms with Crippen molar-refractivity contribution in [1.29, 1.82) is 0 Å². The van der Waals surface area contributed by atoms with Crippen LogP contribution >= 0.6 is 0 Å². The summed E-state index contributed by atoms with van der Waals surface area (Å²) in [5.74, 6) is -0.0781. The molecule has 1 unspecified atom stereocenters. The highest BCUT2D eigenvalue weighted by Crippen LogP contribution is 2.24. The molecule has 15 heavy (non-hydrogen) atoms. The minimum absolute atomic E-state index is 0.0781. The first-order chi connectivity index (χ1) is 6.96. The maximum atomic E-state index is 12.0. The summed E-state index contributed by atoms with van der Waals surface area (Å²) in [6, 6.07) is 0. The summed E-state index contributed by atoms with van der Waals surface area (Å²) < 4.78 is 5.23. The molecule has 0 amide bonds. The van der Waals surface area contributed by atoms with Crippen molar-refractivity contribution < 1.29 is 9.53 Å². The van der Waals surface area contributed by atoms with Gasteiger partial charge in [-0.2, -0.15) is 0 Å². The number of rotatable bonds is 3. The second kappa shape index (κ2) is 4.49. The molecule has 0 aliphatic carbocycles. The first-order valence-electron chi connectivity index (χ1n) is 4.79. The molecule has 0 saturated heterocycles. The van der Waals surface area contributed by atoms with Gasteiger partial charge in [0.15, 0.2) is 5.78 Å². The van der Waals surface area contributed by atoms with E-state index in [1.807, 2.05) is 20.8 Å². The zero-order chi connectivity index (χ0) is 11.5. The van der Waals surface area contributed by atoms with E-state index in [9.17, 15) is 4.79 Å². The Labute approximate surface area is 89.7 Å². The summed E-state index contributed by atoms with van der Waals surface area (Å²) in [6.07, 6.45) is 3.94. The van der Waals surface area contributed by atoms with E-state index in [0.717, 1.165) is 0 Å². The highest BCUT2D eigenvalue weighted by molar-refractivity contribution is 5.99. The van der Waals surface area contributed by atoms with E-state index in [2.05, 4.69) is 9.97 Å². The van der Waals surface area contributed by atoms with Crippen molar-refractivity contribution in [3.05, 3.63) is 24.3 Å². The number of aromatic nitrogens is 2. The average molecular weight is 208 g/mol. The number of carbonyl (C=O) groups excluding carboxylic acids is 1. The first-order valence-corrected chi connectivity index (χ1v) is 4.79. The molecule has 82 valence electrons. The fourth-order valence-corrected chi connectivity index (χ4v) is 1.43. The van der Waals surface area contributed by atoms with Crippen molar-refractivity contribution in [1.82, 2.24) is 9.97 Å². The second-order valence-corrected chi connectivity index (χ2v) is 4.47. The van der Waals surface area contributed by atoms with E-state index >= 15 is 0 Å². The number of ether oxygens (including phenoxy) is 1. The summed E-state index contributed by atoms with van der Waals surface area (Å²) in [5, 5.41) is 0. The molecular formula is C11H16N2O2. The lowest BCUT2D eigenvalue weighted by atomic mass is 9.85. The predicted molar refractivity (Wildman–Crippen MR) is 56.6 cm³/mol. The number of Topliss-reactive ketones (excluding diaryl/α,β-unsaturated/α-hetero) is 1. The third-order valence-corrected chi connectivity index (χ3v) is 2.11. The van der Waals surface area contributed by atoms with Gasteiger partial charge in [0.2, 0.25) is 0 Å². The topological polar surface area (TPSA) is 52.1 Å². The molecule has 1 aromatic heterocycles. The van der Waals surface area contributed by atoms with Gasteiger partial charge >= 0.3 is 0 Å². The van der Waals surface area contributed by atoms with Crippen LogP contribution in [0.2, 0.25) is 0 Å². The molecule has 0 spiro atoms. The Morgan fingerprint density at radius 3 is 2.27 bits per heavy atom. The summed E-state index contributed by atoms with van der Waals surface area (Å²) in [7, 11) is 1.54. The van der Waals surface area contributed by atoms with Gasteiger partial charge in [-0.1, -0.05) is 20.8 Å². The number of methoxy groups -OCH3 is 1. The van der Waals surface area contributed by atoms with Crippen molar-refractivity contribution in [3.63, 3.8) is 0 Å². The standard InChI is InChI=1S/C11H16N2O2/c1-11(2,3)10(15-4)9(14)8-5-12-7-13-6-8/h5-7,10H,1-4H3. The molecule has 0 aliphatic heterocycles. The van der Waals surface area contributed by atoms with Crippen molar-refractivity contribution in [2.45, 2.75) is 26.9 Å². The summed E-state index contributed by atoms with van der Waals surface area (Å²) in [5.41, 5.74) is 0.251. The minimum atomic E-state index is -0.469. The van der Waals surface area contributed by atoms with Gasteiger partial charge in [-0.3, -0.25) is 4.79 Å². The molecule has 4 nitrogen and oxygen atoms in total. The van der Waals surface area contributed by atoms with Crippen LogP contribution < -0.4 is 0 Å². The molecule has 1 atom stereocenters. The van der Waals surface area contributed by atoms with Crippen molar-refractivity contribution in [3.8, 4) is 0 Å². The van der Waals surface area contributed by atoms with Crippen LogP contribution in [0.1, 0.15) is 31.1 Å². The number of hydrogen-bond donors (Lipinski definition) is 0. The Morgan fingerprint density at radius 2 is 1.87 bits per heavy atom. The number of ketones is 1. The van der Waals surface area contributed by atoms with Crippen LogP contribution in [0.25, 0.3) is 0 Å². The molecule has 0 radical (unpaired) electrons. The Balaban J connectivity index is 2.93. The number of carbonyl (C=O) groups is 1. The quantitative estimate of drug-likeness (QED) is 0.710. The molecule has 0 saturated carbocycles. The monoisotopic (exact) mass is 208 g/mol. The Bertz CT molecular complexity index is 330. The molecule has 0 fully saturated rings. The molecule has 0 bridgehead atoms. The van der Waals surface area contributed by atoms with Gasteiger partial charge < -0.3 is 4.74 Å². The molecule has 0 aromatic carbocycles. The second-order valence-electron chi connectivity index (χ2n) is 4.47. The van der Waals surface area contributed by atoms with Crippen LogP contribution in [0.5, 0.6) is 0 Å². The predicted octanol–water partition coefficient (Wildman–Crippen LogP) is 1.72. The van der Waals surface area contributed by atoms with E-state index in [1.165, 1.54) is 25.8 Å². The zero-order valence-corrected chi connectivity index (χ0v) is 9.52. The van der Waals surface area contributed by atoms with Gasteiger partial charge in [0.25, 0.3) is 0 Å². The van der Waals surface area contributed by atoms with Gasteiger partial charge in [0.05, 0.1) is 5.56 Å². The van der Waals surface area contributed by atoms with E-state index in [0.29, 0.717) is 5.56 Å². The maximum absolute atomic E-state index is 12.0. The maximum Gasteiger partial charge on any atom is 0.195 e. The van der Waals surface area contributed by atoms with Crippen molar-refractivity contribution >= 4 is 5.78 Å². The number of hydrogen-bond acceptors (Lipinski definition) is 4. The SMILES string of the molecule is COC(C(=O)c1cncnc1)C(C)(C)C. The first kappa shape index (κ1) is 11.8. The van der Waals surface area contributed by atoms with Crippen LogP contribution in [-0.4, -0.2) is 29.0 Å². The van der Waals surface area contributed by atoms with E-state index in [4.69, 9.17) is 4.74 Å². The van der Waals surface area contributed by atoms with E-state index in [-0.39, 0.29) is 11.2 Å². The summed E-state index contributed by atoms with van der Waals surface area (Å²) >= 11 is 0. The van der Waals surface area contributed by atoms with Crippen molar-refractivity contribution in [2.75, 3.05) is 7.11 Å². The highest BCUT2D eigenvalue weighted by Gasteiger charge is 2.32. The molecule has 0 aliphatic rings. The molecule has 0 N–H and O–H groups in total. The Hall–Kier alpha value is -1.29. The summed E-state index contributed by atoms with van der Waals surface area (Å²) in [4.78, 5) is 19.7. The smallest absolute Gasteiger partial charge is 0.195 e. The van der Waals surface area contributed by atoms with E-state index in [1.54, 1.807) is 0 Å². The lowest BCUT2D eigenvalue weighted by Crippen LogP contribution is -2.36. The fourth-order valence-electron chi connectivity index (χ4n) is 1.43. The van der Waals surface area contributed by atoms with Crippen LogP contribution in [0, 0.1) is 5.41 Å². The van der Waals surface area contributed by atoms with Crippen LogP contribution in [0.4, 0.5) is 0 Å². The van der Waals surface area contributed by atoms with Gasteiger partial charge in [0.1, 0.15) is 12.4 Å². The van der Waals surface area contributed by atoms with E-state index < -0.39 is 6.10 Å². The van der Waals surface area contributed by atoms with Gasteiger partial charge in [0, 0.05) is 19.5 Å². The molecule has 1 heterocycles. The van der Waals surface area contributed by atoms with Crippen LogP contribution in [-0.2, 0) is 4.74 Å². The average Bonchev–Trinajstić information content (AvgIpc) is 2.18. The molecule has 4 heteroatoms. The Kier molecular flexibility index (Phi) is 3.52. The molecular weight excluding hydrogens is 192 g/mol. The third kappa shape index (κ3) is 2.83. The van der Waals surface area contributed by atoms with Gasteiger partial charge in [-0.15, -0.1) is 0 Å². The molecule has 1 rings (SSSR count). The fraction of sp³-hybridized carbons (Fsp3) is 0.545. The van der Waals surface area contributed by atoms with Crippen LogP contribution in [0.3, 0.4) is 0 Å². The zero-order valence-electron chi connectivity index (χ0n) is 9.52. The number of nitrogens with zero attached hydrogens (tertiary/aromatic N) is 2. The third-order valence-electron chi connectivity index (χ3n) is 2.11. The highest BCUT2D eigenvalue weighted by atomic mass is 16.5. The molecule has 1 aromatic rings. The minimum Gasteiger partial charge on any atom is -0.373 e. The van der Waals surface area contributed by atoms with Gasteiger partial charge in [-0.25, -0.2) is 9.97 Å². The van der Waals surface area contributed by atoms with Crippen molar-refractivity contribution in [2.24, 2.45) is 5.41 Å². The lowest BCUT2D eigenvalue weighted by molar-refractivity contribution is 0.0195.